The van der Waals surface area contributed by atoms with Crippen molar-refractivity contribution in [1.29, 1.82) is 0 Å². The molecule has 2 aliphatic rings. The van der Waals surface area contributed by atoms with Gasteiger partial charge in [0.15, 0.2) is 11.5 Å². The Morgan fingerprint density at radius 2 is 0.961 bits per heavy atom. The molecule has 0 saturated heterocycles. The molecule has 0 N–H and O–H groups in total. The highest BCUT2D eigenvalue weighted by atomic mass is 16.5. The lowest BCUT2D eigenvalue weighted by Crippen LogP contribution is -2.28. The van der Waals surface area contributed by atoms with Crippen molar-refractivity contribution in [3.8, 4) is 44.9 Å². The Bertz CT molecular complexity index is 2500. The standard InChI is InChI=1S/C49H33NO/c1-5-16-34(17-6-1)35-18-15-19-36(32-35)37-28-31-46-45(33-37)50(40-24-11-4-12-25-40)44-30-29-43-47(48(44)51-46)41-26-13-14-27-42(41)49(43,38-20-7-2-8-21-38)39-22-9-3-10-23-39/h1-33H. The fourth-order valence-corrected chi connectivity index (χ4v) is 8.33. The lowest BCUT2D eigenvalue weighted by atomic mass is 9.67. The van der Waals surface area contributed by atoms with Crippen molar-refractivity contribution in [3.05, 3.63) is 222 Å². The Hall–Kier alpha value is -6.64. The zero-order valence-electron chi connectivity index (χ0n) is 27.9. The van der Waals surface area contributed by atoms with Crippen molar-refractivity contribution in [2.45, 2.75) is 5.41 Å². The van der Waals surface area contributed by atoms with Crippen LogP contribution >= 0.6 is 0 Å². The molecule has 1 heterocycles. The second-order valence-corrected chi connectivity index (χ2v) is 13.3. The van der Waals surface area contributed by atoms with E-state index < -0.39 is 5.41 Å². The topological polar surface area (TPSA) is 12.5 Å². The molecule has 2 heteroatoms. The summed E-state index contributed by atoms with van der Waals surface area (Å²) in [5.74, 6) is 1.71. The third-order valence-electron chi connectivity index (χ3n) is 10.5. The summed E-state index contributed by atoms with van der Waals surface area (Å²) in [6.07, 6.45) is 0. The van der Waals surface area contributed by atoms with E-state index in [0.29, 0.717) is 0 Å². The largest absolute Gasteiger partial charge is 0.452 e. The number of benzene rings is 8. The maximum Gasteiger partial charge on any atom is 0.159 e. The molecule has 240 valence electrons. The molecule has 0 unspecified atom stereocenters. The van der Waals surface area contributed by atoms with Crippen molar-refractivity contribution < 1.29 is 4.74 Å². The van der Waals surface area contributed by atoms with Crippen LogP contribution in [0, 0.1) is 0 Å². The molecule has 1 aliphatic carbocycles. The van der Waals surface area contributed by atoms with Gasteiger partial charge in [-0.05, 0) is 86.5 Å². The first-order valence-corrected chi connectivity index (χ1v) is 17.5. The highest BCUT2D eigenvalue weighted by Gasteiger charge is 2.48. The molecule has 51 heavy (non-hydrogen) atoms. The third kappa shape index (κ3) is 4.50. The van der Waals surface area contributed by atoms with Gasteiger partial charge in [0.2, 0.25) is 0 Å². The Kier molecular flexibility index (Phi) is 6.75. The average molecular weight is 652 g/mol. The number of nitrogens with zero attached hydrogens (tertiary/aromatic N) is 1. The summed E-state index contributed by atoms with van der Waals surface area (Å²) >= 11 is 0. The number of ether oxygens (including phenoxy) is 1. The van der Waals surface area contributed by atoms with Gasteiger partial charge in [0, 0.05) is 11.3 Å². The molecule has 8 aromatic rings. The summed E-state index contributed by atoms with van der Waals surface area (Å²) in [6, 6.07) is 71.9. The van der Waals surface area contributed by atoms with Gasteiger partial charge in [-0.1, -0.05) is 164 Å². The van der Waals surface area contributed by atoms with Crippen LogP contribution in [0.25, 0.3) is 33.4 Å². The maximum absolute atomic E-state index is 7.14. The van der Waals surface area contributed by atoms with Crippen LogP contribution in [0.1, 0.15) is 22.3 Å². The van der Waals surface area contributed by atoms with E-state index >= 15 is 0 Å². The van der Waals surface area contributed by atoms with Crippen LogP contribution < -0.4 is 9.64 Å². The van der Waals surface area contributed by atoms with Crippen LogP contribution in [-0.4, -0.2) is 0 Å². The third-order valence-corrected chi connectivity index (χ3v) is 10.5. The van der Waals surface area contributed by atoms with E-state index in [1.54, 1.807) is 0 Å². The first-order chi connectivity index (χ1) is 25.3. The number of rotatable bonds is 5. The van der Waals surface area contributed by atoms with Crippen molar-refractivity contribution in [2.75, 3.05) is 4.90 Å². The van der Waals surface area contributed by atoms with E-state index in [4.69, 9.17) is 4.74 Å². The lowest BCUT2D eigenvalue weighted by Gasteiger charge is -2.36. The minimum Gasteiger partial charge on any atom is -0.452 e. The van der Waals surface area contributed by atoms with E-state index in [9.17, 15) is 0 Å². The highest BCUT2D eigenvalue weighted by molar-refractivity contribution is 5.98. The Balaban J connectivity index is 1.20. The second-order valence-electron chi connectivity index (χ2n) is 13.3. The van der Waals surface area contributed by atoms with Gasteiger partial charge in [-0.2, -0.15) is 0 Å². The molecule has 10 rings (SSSR count). The van der Waals surface area contributed by atoms with E-state index in [1.165, 1.54) is 38.9 Å². The first-order valence-electron chi connectivity index (χ1n) is 17.5. The molecule has 0 bridgehead atoms. The van der Waals surface area contributed by atoms with Gasteiger partial charge in [0.05, 0.1) is 16.8 Å². The van der Waals surface area contributed by atoms with Gasteiger partial charge in [-0.25, -0.2) is 0 Å². The van der Waals surface area contributed by atoms with Gasteiger partial charge >= 0.3 is 0 Å². The van der Waals surface area contributed by atoms with Crippen molar-refractivity contribution in [3.63, 3.8) is 0 Å². The number of anilines is 3. The summed E-state index contributed by atoms with van der Waals surface area (Å²) in [5, 5.41) is 0. The highest BCUT2D eigenvalue weighted by Crippen LogP contribution is 2.63. The summed E-state index contributed by atoms with van der Waals surface area (Å²) in [7, 11) is 0. The van der Waals surface area contributed by atoms with E-state index in [2.05, 4.69) is 205 Å². The van der Waals surface area contributed by atoms with Crippen LogP contribution in [0.15, 0.2) is 200 Å². The fourth-order valence-electron chi connectivity index (χ4n) is 8.33. The molecule has 2 nitrogen and oxygen atoms in total. The lowest BCUT2D eigenvalue weighted by molar-refractivity contribution is 0.478. The predicted molar refractivity (Wildman–Crippen MR) is 209 cm³/mol. The van der Waals surface area contributed by atoms with Gasteiger partial charge in [-0.3, -0.25) is 0 Å². The molecule has 0 amide bonds. The van der Waals surface area contributed by atoms with Crippen molar-refractivity contribution >= 4 is 17.1 Å². The van der Waals surface area contributed by atoms with Crippen LogP contribution in [0.2, 0.25) is 0 Å². The molecular weight excluding hydrogens is 619 g/mol. The molecule has 0 aromatic heterocycles. The summed E-state index contributed by atoms with van der Waals surface area (Å²) < 4.78 is 7.14. The maximum atomic E-state index is 7.14. The quantitative estimate of drug-likeness (QED) is 0.184. The predicted octanol–water partition coefficient (Wildman–Crippen LogP) is 13.0. The summed E-state index contributed by atoms with van der Waals surface area (Å²) in [4.78, 5) is 2.37. The molecule has 0 atom stereocenters. The molecule has 0 spiro atoms. The van der Waals surface area contributed by atoms with Crippen molar-refractivity contribution in [2.24, 2.45) is 0 Å². The number of para-hydroxylation sites is 1. The number of hydrogen-bond acceptors (Lipinski definition) is 2. The summed E-state index contributed by atoms with van der Waals surface area (Å²) in [5.41, 5.74) is 14.6. The van der Waals surface area contributed by atoms with Crippen LogP contribution in [-0.2, 0) is 5.41 Å². The van der Waals surface area contributed by atoms with Gasteiger partial charge in [0.25, 0.3) is 0 Å². The van der Waals surface area contributed by atoms with Crippen molar-refractivity contribution in [1.82, 2.24) is 0 Å². The first kappa shape index (κ1) is 29.3. The second kappa shape index (κ2) is 11.8. The van der Waals surface area contributed by atoms with Crippen LogP contribution in [0.3, 0.4) is 0 Å². The minimum absolute atomic E-state index is 0.502. The molecule has 1 aliphatic heterocycles. The summed E-state index contributed by atoms with van der Waals surface area (Å²) in [6.45, 7) is 0. The van der Waals surface area contributed by atoms with E-state index in [1.807, 2.05) is 0 Å². The van der Waals surface area contributed by atoms with Crippen LogP contribution in [0.5, 0.6) is 11.5 Å². The van der Waals surface area contributed by atoms with E-state index in [-0.39, 0.29) is 0 Å². The SMILES string of the molecule is c1ccc(-c2cccc(-c3ccc4c(c3)N(c3ccccc3)c3ccc5c(c3O4)-c3ccccc3C5(c3ccccc3)c3ccccc3)c2)cc1. The van der Waals surface area contributed by atoms with Gasteiger partial charge in [0.1, 0.15) is 0 Å². The fraction of sp³-hybridized carbons (Fsp3) is 0.0204. The Morgan fingerprint density at radius 1 is 0.392 bits per heavy atom. The Morgan fingerprint density at radius 3 is 1.67 bits per heavy atom. The zero-order valence-corrected chi connectivity index (χ0v) is 27.9. The van der Waals surface area contributed by atoms with Crippen LogP contribution in [0.4, 0.5) is 17.1 Å². The van der Waals surface area contributed by atoms with Gasteiger partial charge in [-0.15, -0.1) is 0 Å². The monoisotopic (exact) mass is 651 g/mol. The Labute approximate surface area is 298 Å². The number of fused-ring (bicyclic) bond motifs is 6. The molecule has 0 radical (unpaired) electrons. The molecule has 0 fully saturated rings. The normalized spacial score (nSPS) is 13.4. The zero-order chi connectivity index (χ0) is 33.8. The number of hydrogen-bond donors (Lipinski definition) is 0. The average Bonchev–Trinajstić information content (AvgIpc) is 3.52. The molecule has 8 aromatic carbocycles. The molecule has 0 saturated carbocycles. The van der Waals surface area contributed by atoms with E-state index in [0.717, 1.165) is 45.3 Å². The minimum atomic E-state index is -0.502. The molecular formula is C49H33NO. The smallest absolute Gasteiger partial charge is 0.159 e. The van der Waals surface area contributed by atoms with Gasteiger partial charge < -0.3 is 9.64 Å².